The molecule has 3 aromatic rings. The Balaban J connectivity index is 1.55. The van der Waals surface area contributed by atoms with Crippen LogP contribution in [0.1, 0.15) is 25.0 Å². The number of nitrogens with one attached hydrogen (secondary N) is 3. The van der Waals surface area contributed by atoms with E-state index in [1.165, 1.54) is 12.5 Å². The molecule has 0 spiro atoms. The number of amides is 2. The molecule has 6 nitrogen and oxygen atoms in total. The van der Waals surface area contributed by atoms with Crippen molar-refractivity contribution < 1.29 is 14.3 Å². The van der Waals surface area contributed by atoms with Crippen LogP contribution in [0, 0.1) is 0 Å². The Hall–Kier alpha value is -3.28. The van der Waals surface area contributed by atoms with E-state index in [1.807, 2.05) is 54.7 Å². The van der Waals surface area contributed by atoms with Crippen molar-refractivity contribution in [2.75, 3.05) is 13.2 Å². The van der Waals surface area contributed by atoms with Crippen LogP contribution in [-0.4, -0.2) is 36.0 Å². The number of carbonyl (C=O) groups excluding carboxylic acids is 2. The number of para-hydroxylation sites is 1. The zero-order valence-electron chi connectivity index (χ0n) is 16.8. The van der Waals surface area contributed by atoms with Crippen LogP contribution in [0.2, 0.25) is 0 Å². The molecule has 1 aromatic heterocycles. The topological polar surface area (TPSA) is 83.2 Å². The average Bonchev–Trinajstić information content (AvgIpc) is 3.13. The van der Waals surface area contributed by atoms with Gasteiger partial charge in [-0.15, -0.1) is 0 Å². The zero-order chi connectivity index (χ0) is 20.6. The molecule has 0 radical (unpaired) electrons. The van der Waals surface area contributed by atoms with Gasteiger partial charge in [0.25, 0.3) is 0 Å². The van der Waals surface area contributed by atoms with Gasteiger partial charge in [-0.2, -0.15) is 0 Å². The van der Waals surface area contributed by atoms with Crippen molar-refractivity contribution in [2.24, 2.45) is 0 Å². The Bertz CT molecular complexity index is 963. The van der Waals surface area contributed by atoms with E-state index in [0.29, 0.717) is 19.6 Å². The third kappa shape index (κ3) is 5.60. The van der Waals surface area contributed by atoms with Crippen LogP contribution >= 0.6 is 0 Å². The Morgan fingerprint density at radius 1 is 1.10 bits per heavy atom. The second-order valence-corrected chi connectivity index (χ2v) is 6.95. The molecule has 152 valence electrons. The fourth-order valence-electron chi connectivity index (χ4n) is 3.26. The number of hydrogen-bond donors (Lipinski definition) is 3. The third-order valence-corrected chi connectivity index (χ3v) is 4.79. The first-order valence-corrected chi connectivity index (χ1v) is 9.88. The van der Waals surface area contributed by atoms with E-state index in [-0.39, 0.29) is 11.8 Å². The molecule has 0 bridgehead atoms. The van der Waals surface area contributed by atoms with E-state index in [4.69, 9.17) is 4.74 Å². The summed E-state index contributed by atoms with van der Waals surface area (Å²) >= 11 is 0. The molecule has 0 aliphatic carbocycles. The van der Waals surface area contributed by atoms with Gasteiger partial charge in [0.1, 0.15) is 18.4 Å². The number of benzene rings is 2. The number of ether oxygens (including phenoxy) is 1. The predicted octanol–water partition coefficient (Wildman–Crippen LogP) is 2.97. The van der Waals surface area contributed by atoms with Gasteiger partial charge in [-0.3, -0.25) is 9.59 Å². The first kappa shape index (κ1) is 20.5. The minimum Gasteiger partial charge on any atom is -0.492 e. The SMILES string of the molecule is CCc1ccc(OCCNC(=O)[C@H](Cc2c[nH]c3ccccc23)NC(C)=O)cc1. The third-order valence-electron chi connectivity index (χ3n) is 4.79. The van der Waals surface area contributed by atoms with E-state index < -0.39 is 6.04 Å². The molecular formula is C23H27N3O3. The normalized spacial score (nSPS) is 11.8. The molecule has 1 atom stereocenters. The highest BCUT2D eigenvalue weighted by Crippen LogP contribution is 2.19. The molecule has 2 amide bonds. The highest BCUT2D eigenvalue weighted by Gasteiger charge is 2.21. The molecule has 0 aliphatic rings. The van der Waals surface area contributed by atoms with Gasteiger partial charge in [-0.05, 0) is 35.7 Å². The van der Waals surface area contributed by atoms with Crippen molar-refractivity contribution in [1.29, 1.82) is 0 Å². The number of aromatic amines is 1. The summed E-state index contributed by atoms with van der Waals surface area (Å²) in [6.45, 7) is 4.24. The molecule has 3 rings (SSSR count). The summed E-state index contributed by atoms with van der Waals surface area (Å²) in [7, 11) is 0. The maximum absolute atomic E-state index is 12.6. The standard InChI is InChI=1S/C23H27N3O3/c1-3-17-8-10-19(11-9-17)29-13-12-24-23(28)22(26-16(2)27)14-18-15-25-21-7-5-4-6-20(18)21/h4-11,15,22,25H,3,12-14H2,1-2H3,(H,24,28)(H,26,27)/t22-/m0/s1. The van der Waals surface area contributed by atoms with Crippen LogP contribution in [0.3, 0.4) is 0 Å². The monoisotopic (exact) mass is 393 g/mol. The Labute approximate surface area is 170 Å². The number of aryl methyl sites for hydroxylation is 1. The molecule has 0 unspecified atom stereocenters. The lowest BCUT2D eigenvalue weighted by molar-refractivity contribution is -0.128. The van der Waals surface area contributed by atoms with Gasteiger partial charge < -0.3 is 20.4 Å². The van der Waals surface area contributed by atoms with Gasteiger partial charge in [-0.25, -0.2) is 0 Å². The number of rotatable bonds is 9. The first-order chi connectivity index (χ1) is 14.1. The average molecular weight is 393 g/mol. The molecule has 0 fully saturated rings. The minimum absolute atomic E-state index is 0.226. The van der Waals surface area contributed by atoms with Crippen molar-refractivity contribution in [2.45, 2.75) is 32.7 Å². The smallest absolute Gasteiger partial charge is 0.243 e. The second-order valence-electron chi connectivity index (χ2n) is 6.95. The lowest BCUT2D eigenvalue weighted by atomic mass is 10.0. The second kappa shape index (κ2) is 9.78. The van der Waals surface area contributed by atoms with Crippen LogP contribution < -0.4 is 15.4 Å². The van der Waals surface area contributed by atoms with Crippen molar-refractivity contribution in [3.63, 3.8) is 0 Å². The molecular weight excluding hydrogens is 366 g/mol. The van der Waals surface area contributed by atoms with Gasteiger partial charge in [0.15, 0.2) is 0 Å². The van der Waals surface area contributed by atoms with Crippen LogP contribution in [-0.2, 0) is 22.4 Å². The summed E-state index contributed by atoms with van der Waals surface area (Å²) in [5.74, 6) is 0.307. The molecule has 0 saturated carbocycles. The Morgan fingerprint density at radius 2 is 1.86 bits per heavy atom. The molecule has 6 heteroatoms. The summed E-state index contributed by atoms with van der Waals surface area (Å²) in [5.41, 5.74) is 3.25. The number of fused-ring (bicyclic) bond motifs is 1. The van der Waals surface area contributed by atoms with Crippen LogP contribution in [0.15, 0.2) is 54.7 Å². The lowest BCUT2D eigenvalue weighted by Crippen LogP contribution is -2.48. The summed E-state index contributed by atoms with van der Waals surface area (Å²) < 4.78 is 5.67. The van der Waals surface area contributed by atoms with E-state index in [2.05, 4.69) is 22.5 Å². The number of aromatic nitrogens is 1. The van der Waals surface area contributed by atoms with Crippen LogP contribution in [0.5, 0.6) is 5.75 Å². The van der Waals surface area contributed by atoms with Crippen molar-refractivity contribution in [1.82, 2.24) is 15.6 Å². The molecule has 2 aromatic carbocycles. The maximum Gasteiger partial charge on any atom is 0.243 e. The number of hydrogen-bond acceptors (Lipinski definition) is 3. The molecule has 1 heterocycles. The zero-order valence-corrected chi connectivity index (χ0v) is 16.8. The van der Waals surface area contributed by atoms with Gasteiger partial charge >= 0.3 is 0 Å². The van der Waals surface area contributed by atoms with E-state index in [1.54, 1.807) is 0 Å². The van der Waals surface area contributed by atoms with Gasteiger partial charge in [-0.1, -0.05) is 37.3 Å². The highest BCUT2D eigenvalue weighted by molar-refractivity contribution is 5.89. The van der Waals surface area contributed by atoms with Crippen molar-refractivity contribution in [3.05, 3.63) is 65.9 Å². The fraction of sp³-hybridized carbons (Fsp3) is 0.304. The minimum atomic E-state index is -0.643. The van der Waals surface area contributed by atoms with Gasteiger partial charge in [0.2, 0.25) is 11.8 Å². The van der Waals surface area contributed by atoms with Crippen LogP contribution in [0.25, 0.3) is 10.9 Å². The van der Waals surface area contributed by atoms with Gasteiger partial charge in [0.05, 0.1) is 6.54 Å². The largest absolute Gasteiger partial charge is 0.492 e. The molecule has 0 saturated heterocycles. The summed E-state index contributed by atoms with van der Waals surface area (Å²) in [4.78, 5) is 27.4. The van der Waals surface area contributed by atoms with Crippen molar-refractivity contribution in [3.8, 4) is 5.75 Å². The molecule has 3 N–H and O–H groups in total. The molecule has 0 aliphatic heterocycles. The summed E-state index contributed by atoms with van der Waals surface area (Å²) in [6.07, 6.45) is 3.28. The first-order valence-electron chi connectivity index (χ1n) is 9.88. The van der Waals surface area contributed by atoms with E-state index in [0.717, 1.165) is 28.6 Å². The Morgan fingerprint density at radius 3 is 2.59 bits per heavy atom. The van der Waals surface area contributed by atoms with Gasteiger partial charge in [0, 0.05) is 30.4 Å². The highest BCUT2D eigenvalue weighted by atomic mass is 16.5. The van der Waals surface area contributed by atoms with Crippen LogP contribution in [0.4, 0.5) is 0 Å². The summed E-state index contributed by atoms with van der Waals surface area (Å²) in [6, 6.07) is 15.2. The quantitative estimate of drug-likeness (QED) is 0.489. The predicted molar refractivity (Wildman–Crippen MR) is 114 cm³/mol. The number of H-pyrrole nitrogens is 1. The van der Waals surface area contributed by atoms with E-state index >= 15 is 0 Å². The lowest BCUT2D eigenvalue weighted by Gasteiger charge is -2.17. The summed E-state index contributed by atoms with van der Waals surface area (Å²) in [5, 5.41) is 6.65. The maximum atomic E-state index is 12.6. The van der Waals surface area contributed by atoms with E-state index in [9.17, 15) is 9.59 Å². The Kier molecular flexibility index (Phi) is 6.89. The number of carbonyl (C=O) groups is 2. The van der Waals surface area contributed by atoms with Crippen molar-refractivity contribution >= 4 is 22.7 Å². The fourth-order valence-corrected chi connectivity index (χ4v) is 3.26. The molecule has 29 heavy (non-hydrogen) atoms.